The average Bonchev–Trinajstić information content (AvgIpc) is 1.80. The van der Waals surface area contributed by atoms with E-state index >= 15 is 0 Å². The van der Waals surface area contributed by atoms with E-state index in [-0.39, 0.29) is 11.0 Å². The van der Waals surface area contributed by atoms with Crippen LogP contribution in [0, 0.1) is 5.41 Å². The summed E-state index contributed by atoms with van der Waals surface area (Å²) in [4.78, 5) is 0. The summed E-state index contributed by atoms with van der Waals surface area (Å²) in [7, 11) is 0. The predicted octanol–water partition coefficient (Wildman–Crippen LogP) is 3.11. The van der Waals surface area contributed by atoms with Crippen LogP contribution in [0.1, 0.15) is 47.5 Å². The highest BCUT2D eigenvalue weighted by molar-refractivity contribution is 5.13. The Morgan fingerprint density at radius 2 is 1.67 bits per heavy atom. The lowest BCUT2D eigenvalue weighted by Gasteiger charge is -2.33. The molecule has 0 bridgehead atoms. The monoisotopic (exact) mass is 169 g/mol. The molecule has 0 rings (SSSR count). The highest BCUT2D eigenvalue weighted by atomic mass is 14.7. The van der Waals surface area contributed by atoms with Crippen molar-refractivity contribution in [3.63, 3.8) is 0 Å². The van der Waals surface area contributed by atoms with Gasteiger partial charge in [-0.15, -0.1) is 0 Å². The number of hydrogen-bond acceptors (Lipinski definition) is 1. The van der Waals surface area contributed by atoms with E-state index in [2.05, 4.69) is 41.2 Å². The summed E-state index contributed by atoms with van der Waals surface area (Å²) in [5.41, 5.74) is 7.39. The average molecular weight is 169 g/mol. The first-order chi connectivity index (χ1) is 5.19. The van der Waals surface area contributed by atoms with Crippen LogP contribution in [0.25, 0.3) is 0 Å². The first-order valence-electron chi connectivity index (χ1n) is 4.66. The largest absolute Gasteiger partial charge is 0.322 e. The zero-order valence-corrected chi connectivity index (χ0v) is 9.20. The highest BCUT2D eigenvalue weighted by Gasteiger charge is 2.27. The van der Waals surface area contributed by atoms with Crippen molar-refractivity contribution in [2.75, 3.05) is 0 Å². The summed E-state index contributed by atoms with van der Waals surface area (Å²) in [5, 5.41) is 0. The lowest BCUT2D eigenvalue weighted by Crippen LogP contribution is -2.41. The predicted molar refractivity (Wildman–Crippen MR) is 56.1 cm³/mol. The molecule has 0 aromatic carbocycles. The normalized spacial score (nSPS) is 17.2. The molecule has 1 nitrogen and oxygen atoms in total. The van der Waals surface area contributed by atoms with Crippen LogP contribution >= 0.6 is 0 Å². The van der Waals surface area contributed by atoms with Crippen molar-refractivity contribution in [2.45, 2.75) is 53.0 Å². The van der Waals surface area contributed by atoms with Crippen molar-refractivity contribution >= 4 is 0 Å². The second-order valence-electron chi connectivity index (χ2n) is 5.11. The third-order valence-electron chi connectivity index (χ3n) is 2.13. The van der Waals surface area contributed by atoms with E-state index in [1.807, 2.05) is 0 Å². The number of hydrogen-bond donors (Lipinski definition) is 1. The van der Waals surface area contributed by atoms with E-state index in [0.29, 0.717) is 0 Å². The summed E-state index contributed by atoms with van der Waals surface area (Å²) < 4.78 is 0. The molecule has 0 aliphatic heterocycles. The molecule has 0 spiro atoms. The second kappa shape index (κ2) is 3.61. The SMILES string of the molecule is C=C(CC)C(C)(N)CC(C)(C)C. The Morgan fingerprint density at radius 1 is 1.25 bits per heavy atom. The van der Waals surface area contributed by atoms with Gasteiger partial charge in [0.15, 0.2) is 0 Å². The molecule has 1 heteroatoms. The second-order valence-corrected chi connectivity index (χ2v) is 5.11. The Balaban J connectivity index is 4.32. The summed E-state index contributed by atoms with van der Waals surface area (Å²) in [6.07, 6.45) is 1.97. The van der Waals surface area contributed by atoms with Crippen molar-refractivity contribution in [2.24, 2.45) is 11.1 Å². The third kappa shape index (κ3) is 3.91. The lowest BCUT2D eigenvalue weighted by molar-refractivity contribution is 0.295. The van der Waals surface area contributed by atoms with Gasteiger partial charge in [0.2, 0.25) is 0 Å². The Morgan fingerprint density at radius 3 is 1.92 bits per heavy atom. The van der Waals surface area contributed by atoms with E-state index in [1.54, 1.807) is 0 Å². The molecular formula is C11H23N. The molecule has 0 radical (unpaired) electrons. The van der Waals surface area contributed by atoms with E-state index in [4.69, 9.17) is 5.73 Å². The minimum absolute atomic E-state index is 0.201. The number of nitrogens with two attached hydrogens (primary N) is 1. The van der Waals surface area contributed by atoms with Crippen LogP contribution in [0.15, 0.2) is 12.2 Å². The molecule has 0 aromatic heterocycles. The molecule has 72 valence electrons. The molecule has 0 aliphatic rings. The van der Waals surface area contributed by atoms with Gasteiger partial charge in [-0.05, 0) is 25.2 Å². The topological polar surface area (TPSA) is 26.0 Å². The maximum absolute atomic E-state index is 6.16. The molecular weight excluding hydrogens is 146 g/mol. The van der Waals surface area contributed by atoms with Gasteiger partial charge >= 0.3 is 0 Å². The van der Waals surface area contributed by atoms with Crippen LogP contribution in [-0.4, -0.2) is 5.54 Å². The van der Waals surface area contributed by atoms with Crippen molar-refractivity contribution in [3.05, 3.63) is 12.2 Å². The molecule has 0 fully saturated rings. The Kier molecular flexibility index (Phi) is 3.52. The number of rotatable bonds is 3. The van der Waals surface area contributed by atoms with Crippen molar-refractivity contribution in [1.82, 2.24) is 0 Å². The smallest absolute Gasteiger partial charge is 0.0342 e. The van der Waals surface area contributed by atoms with Gasteiger partial charge in [0.1, 0.15) is 0 Å². The highest BCUT2D eigenvalue weighted by Crippen LogP contribution is 2.30. The zero-order chi connectivity index (χ0) is 9.99. The summed E-state index contributed by atoms with van der Waals surface area (Å²) in [6, 6.07) is 0. The fraction of sp³-hybridized carbons (Fsp3) is 0.818. The Labute approximate surface area is 77.0 Å². The van der Waals surface area contributed by atoms with Crippen molar-refractivity contribution < 1.29 is 0 Å². The fourth-order valence-electron chi connectivity index (χ4n) is 1.63. The van der Waals surface area contributed by atoms with E-state index < -0.39 is 0 Å². The molecule has 0 aromatic rings. The molecule has 0 saturated carbocycles. The molecule has 1 unspecified atom stereocenters. The van der Waals surface area contributed by atoms with Gasteiger partial charge in [-0.2, -0.15) is 0 Å². The van der Waals surface area contributed by atoms with Crippen LogP contribution in [0.3, 0.4) is 0 Å². The van der Waals surface area contributed by atoms with Gasteiger partial charge in [-0.3, -0.25) is 0 Å². The minimum atomic E-state index is -0.201. The quantitative estimate of drug-likeness (QED) is 0.645. The molecule has 12 heavy (non-hydrogen) atoms. The van der Waals surface area contributed by atoms with Crippen LogP contribution in [0.4, 0.5) is 0 Å². The molecule has 1 atom stereocenters. The molecule has 2 N–H and O–H groups in total. The molecule has 0 saturated heterocycles. The van der Waals surface area contributed by atoms with Crippen LogP contribution < -0.4 is 5.73 Å². The van der Waals surface area contributed by atoms with E-state index in [1.165, 1.54) is 0 Å². The minimum Gasteiger partial charge on any atom is -0.322 e. The Bertz CT molecular complexity index is 160. The van der Waals surface area contributed by atoms with Crippen LogP contribution in [0.2, 0.25) is 0 Å². The van der Waals surface area contributed by atoms with Gasteiger partial charge in [0, 0.05) is 5.54 Å². The summed E-state index contributed by atoms with van der Waals surface area (Å²) >= 11 is 0. The third-order valence-corrected chi connectivity index (χ3v) is 2.13. The lowest BCUT2D eigenvalue weighted by atomic mass is 9.77. The van der Waals surface area contributed by atoms with Gasteiger partial charge in [0.25, 0.3) is 0 Å². The van der Waals surface area contributed by atoms with Gasteiger partial charge < -0.3 is 5.73 Å². The van der Waals surface area contributed by atoms with Gasteiger partial charge in [-0.1, -0.05) is 39.8 Å². The molecule has 0 aliphatic carbocycles. The fourth-order valence-corrected chi connectivity index (χ4v) is 1.63. The molecule has 0 amide bonds. The summed E-state index contributed by atoms with van der Waals surface area (Å²) in [6.45, 7) is 14.8. The van der Waals surface area contributed by atoms with Gasteiger partial charge in [-0.25, -0.2) is 0 Å². The van der Waals surface area contributed by atoms with E-state index in [0.717, 1.165) is 18.4 Å². The van der Waals surface area contributed by atoms with Crippen LogP contribution in [-0.2, 0) is 0 Å². The first-order valence-corrected chi connectivity index (χ1v) is 4.66. The van der Waals surface area contributed by atoms with Crippen molar-refractivity contribution in [3.8, 4) is 0 Å². The standard InChI is InChI=1S/C11H23N/c1-7-9(2)11(6,12)8-10(3,4)5/h2,7-8,12H2,1,3-6H3. The van der Waals surface area contributed by atoms with E-state index in [9.17, 15) is 0 Å². The summed E-state index contributed by atoms with van der Waals surface area (Å²) in [5.74, 6) is 0. The van der Waals surface area contributed by atoms with Crippen LogP contribution in [0.5, 0.6) is 0 Å². The van der Waals surface area contributed by atoms with Crippen molar-refractivity contribution in [1.29, 1.82) is 0 Å². The Hall–Kier alpha value is -0.300. The molecule has 0 heterocycles. The maximum atomic E-state index is 6.16. The zero-order valence-electron chi connectivity index (χ0n) is 9.20. The van der Waals surface area contributed by atoms with Gasteiger partial charge in [0.05, 0.1) is 0 Å². The first kappa shape index (κ1) is 11.7. The maximum Gasteiger partial charge on any atom is 0.0342 e.